The van der Waals surface area contributed by atoms with E-state index >= 15 is 0 Å². The second-order valence-electron chi connectivity index (χ2n) is 9.19. The number of ether oxygens (including phenoxy) is 4. The summed E-state index contributed by atoms with van der Waals surface area (Å²) in [6.45, 7) is 2.40. The Labute approximate surface area is 218 Å². The van der Waals surface area contributed by atoms with Crippen molar-refractivity contribution in [1.29, 1.82) is 0 Å². The SMILES string of the molecule is CC(C)OC(=O)OCOP(=O)(O)COC[C@@H]1C[C@@H](O)C(n2cnc3c(NC4CCCC4)nc(Cl)nc32)O1. The average molecular weight is 564 g/mol. The molecule has 2 unspecified atom stereocenters. The molecular weight excluding hydrogens is 533 g/mol. The number of fused-ring (bicyclic) bond motifs is 1. The van der Waals surface area contributed by atoms with Crippen LogP contribution in [0, 0.1) is 0 Å². The van der Waals surface area contributed by atoms with Gasteiger partial charge in [0.15, 0.2) is 23.2 Å². The third-order valence-electron chi connectivity index (χ3n) is 5.85. The first-order valence-electron chi connectivity index (χ1n) is 12.0. The van der Waals surface area contributed by atoms with Crippen LogP contribution in [0.15, 0.2) is 6.33 Å². The summed E-state index contributed by atoms with van der Waals surface area (Å²) in [6.07, 6.45) is 1.70. The largest absolute Gasteiger partial charge is 0.510 e. The van der Waals surface area contributed by atoms with Crippen molar-refractivity contribution >= 4 is 42.3 Å². The highest BCUT2D eigenvalue weighted by Crippen LogP contribution is 2.42. The van der Waals surface area contributed by atoms with Crippen molar-refractivity contribution < 1.29 is 42.8 Å². The highest BCUT2D eigenvalue weighted by atomic mass is 35.5. The van der Waals surface area contributed by atoms with E-state index in [4.69, 9.17) is 30.3 Å². The van der Waals surface area contributed by atoms with Gasteiger partial charge < -0.3 is 34.3 Å². The molecule has 16 heteroatoms. The number of carbonyl (C=O) groups excluding carboxylic acids is 1. The Hall–Kier alpha value is -2.06. The summed E-state index contributed by atoms with van der Waals surface area (Å²) >= 11 is 6.17. The molecule has 0 spiro atoms. The predicted octanol–water partition coefficient (Wildman–Crippen LogP) is 3.18. The summed E-state index contributed by atoms with van der Waals surface area (Å²) < 4.78 is 38.9. The maximum Gasteiger partial charge on any atom is 0.510 e. The zero-order chi connectivity index (χ0) is 26.6. The van der Waals surface area contributed by atoms with Crippen LogP contribution in [0.4, 0.5) is 10.6 Å². The number of aliphatic hydroxyl groups excluding tert-OH is 1. The van der Waals surface area contributed by atoms with Gasteiger partial charge in [0.05, 0.1) is 25.1 Å². The van der Waals surface area contributed by atoms with Gasteiger partial charge in [0.1, 0.15) is 12.5 Å². The van der Waals surface area contributed by atoms with Crippen molar-refractivity contribution in [3.05, 3.63) is 11.6 Å². The molecular formula is C21H31ClN5O9P. The van der Waals surface area contributed by atoms with Crippen LogP contribution >= 0.6 is 19.2 Å². The van der Waals surface area contributed by atoms with E-state index in [9.17, 15) is 19.4 Å². The molecule has 2 fully saturated rings. The molecule has 2 aromatic rings. The summed E-state index contributed by atoms with van der Waals surface area (Å²) in [5.41, 5.74) is 0.931. The molecule has 1 aliphatic carbocycles. The maximum atomic E-state index is 12.1. The number of aliphatic hydroxyl groups is 1. The number of aromatic nitrogens is 4. The van der Waals surface area contributed by atoms with Crippen LogP contribution in [0.2, 0.25) is 5.28 Å². The second kappa shape index (κ2) is 12.2. The highest BCUT2D eigenvalue weighted by Gasteiger charge is 2.37. The van der Waals surface area contributed by atoms with Gasteiger partial charge in [0.25, 0.3) is 0 Å². The molecule has 0 radical (unpaired) electrons. The van der Waals surface area contributed by atoms with Gasteiger partial charge >= 0.3 is 13.8 Å². The van der Waals surface area contributed by atoms with Gasteiger partial charge in [-0.3, -0.25) is 13.7 Å². The molecule has 0 bridgehead atoms. The molecule has 0 aromatic carbocycles. The molecule has 0 amide bonds. The Morgan fingerprint density at radius 2 is 2.11 bits per heavy atom. The first-order chi connectivity index (χ1) is 17.6. The van der Waals surface area contributed by atoms with Crippen molar-refractivity contribution in [3.63, 3.8) is 0 Å². The minimum absolute atomic E-state index is 0.0438. The number of carbonyl (C=O) groups is 1. The van der Waals surface area contributed by atoms with Crippen LogP contribution in [-0.4, -0.2) is 79.8 Å². The van der Waals surface area contributed by atoms with E-state index in [1.165, 1.54) is 6.33 Å². The second-order valence-corrected chi connectivity index (χ2v) is 11.3. The first-order valence-corrected chi connectivity index (χ1v) is 14.1. The van der Waals surface area contributed by atoms with Gasteiger partial charge in [-0.15, -0.1) is 0 Å². The van der Waals surface area contributed by atoms with Gasteiger partial charge in [0.2, 0.25) is 12.1 Å². The van der Waals surface area contributed by atoms with Gasteiger partial charge in [-0.1, -0.05) is 12.8 Å². The van der Waals surface area contributed by atoms with Gasteiger partial charge in [-0.2, -0.15) is 9.97 Å². The molecule has 206 valence electrons. The van der Waals surface area contributed by atoms with E-state index in [0.29, 0.717) is 23.0 Å². The standard InChI is InChI=1S/C21H31ClN5O9P/c1-12(2)35-21(29)33-10-34-37(30,31)11-32-8-14-7-15(28)19(36-14)27-9-23-16-17(24-13-5-3-4-6-13)25-20(22)26-18(16)27/h9,12-15,19,28H,3-8,10-11H2,1-2H3,(H,30,31)(H,24,25,26)/t14-,15+,19?/m0/s1. The first kappa shape index (κ1) is 28.0. The molecule has 2 aromatic heterocycles. The number of anilines is 1. The zero-order valence-electron chi connectivity index (χ0n) is 20.5. The van der Waals surface area contributed by atoms with Crippen molar-refractivity contribution in [3.8, 4) is 0 Å². The normalized spacial score (nSPS) is 24.0. The molecule has 3 heterocycles. The van der Waals surface area contributed by atoms with Crippen LogP contribution in [0.1, 0.15) is 52.2 Å². The van der Waals surface area contributed by atoms with Gasteiger partial charge in [0, 0.05) is 12.5 Å². The van der Waals surface area contributed by atoms with Gasteiger partial charge in [-0.05, 0) is 38.3 Å². The minimum atomic E-state index is -4.20. The summed E-state index contributed by atoms with van der Waals surface area (Å²) in [5, 5.41) is 14.1. The van der Waals surface area contributed by atoms with E-state index in [0.717, 1.165) is 25.7 Å². The van der Waals surface area contributed by atoms with E-state index in [1.54, 1.807) is 18.4 Å². The number of hydrogen-bond acceptors (Lipinski definition) is 12. The smallest absolute Gasteiger partial charge is 0.432 e. The molecule has 1 saturated carbocycles. The number of imidazole rings is 1. The summed E-state index contributed by atoms with van der Waals surface area (Å²) in [7, 11) is -4.20. The maximum absolute atomic E-state index is 12.1. The Bertz CT molecular complexity index is 1130. The topological polar surface area (TPSA) is 176 Å². The van der Waals surface area contributed by atoms with E-state index < -0.39 is 51.4 Å². The lowest BCUT2D eigenvalue weighted by Gasteiger charge is -2.18. The van der Waals surface area contributed by atoms with E-state index in [1.807, 2.05) is 0 Å². The predicted molar refractivity (Wildman–Crippen MR) is 130 cm³/mol. The molecule has 3 N–H and O–H groups in total. The number of nitrogens with one attached hydrogen (secondary N) is 1. The Morgan fingerprint density at radius 3 is 2.84 bits per heavy atom. The molecule has 4 rings (SSSR count). The molecule has 2 aliphatic rings. The third-order valence-corrected chi connectivity index (χ3v) is 7.04. The van der Waals surface area contributed by atoms with Crippen LogP contribution in [-0.2, 0) is 28.0 Å². The fraction of sp³-hybridized carbons (Fsp3) is 0.714. The quantitative estimate of drug-likeness (QED) is 0.157. The summed E-state index contributed by atoms with van der Waals surface area (Å²) in [5.74, 6) is 0.535. The van der Waals surface area contributed by atoms with Crippen molar-refractivity contribution in [1.82, 2.24) is 19.5 Å². The van der Waals surface area contributed by atoms with Gasteiger partial charge in [-0.25, -0.2) is 9.78 Å². The Morgan fingerprint density at radius 1 is 1.35 bits per heavy atom. The number of halogens is 1. The van der Waals surface area contributed by atoms with Crippen LogP contribution in [0.3, 0.4) is 0 Å². The lowest BCUT2D eigenvalue weighted by molar-refractivity contribution is -0.0579. The summed E-state index contributed by atoms with van der Waals surface area (Å²) in [6, 6.07) is 0.293. The number of hydrogen-bond donors (Lipinski definition) is 3. The lowest BCUT2D eigenvalue weighted by Crippen LogP contribution is -2.20. The fourth-order valence-corrected chi connectivity index (χ4v) is 5.04. The molecule has 4 atom stereocenters. The van der Waals surface area contributed by atoms with Crippen LogP contribution < -0.4 is 5.32 Å². The Balaban J connectivity index is 1.30. The highest BCUT2D eigenvalue weighted by molar-refractivity contribution is 7.52. The molecule has 1 aliphatic heterocycles. The zero-order valence-corrected chi connectivity index (χ0v) is 22.1. The van der Waals surface area contributed by atoms with Crippen molar-refractivity contribution in [2.45, 2.75) is 76.5 Å². The molecule has 1 saturated heterocycles. The fourth-order valence-electron chi connectivity index (χ4n) is 4.25. The van der Waals surface area contributed by atoms with E-state index in [-0.39, 0.29) is 18.3 Å². The third kappa shape index (κ3) is 7.50. The van der Waals surface area contributed by atoms with E-state index in [2.05, 4.69) is 25.0 Å². The minimum Gasteiger partial charge on any atom is -0.432 e. The van der Waals surface area contributed by atoms with Crippen LogP contribution in [0.25, 0.3) is 11.2 Å². The molecule has 37 heavy (non-hydrogen) atoms. The Kier molecular flexibility index (Phi) is 9.22. The van der Waals surface area contributed by atoms with Crippen molar-refractivity contribution in [2.24, 2.45) is 0 Å². The monoisotopic (exact) mass is 563 g/mol. The number of nitrogens with zero attached hydrogens (tertiary/aromatic N) is 4. The summed E-state index contributed by atoms with van der Waals surface area (Å²) in [4.78, 5) is 34.1. The average Bonchev–Trinajstić information content (AvgIpc) is 3.53. The van der Waals surface area contributed by atoms with Crippen LogP contribution in [0.5, 0.6) is 0 Å². The number of rotatable bonds is 11. The van der Waals surface area contributed by atoms with Crippen molar-refractivity contribution in [2.75, 3.05) is 25.1 Å². The lowest BCUT2D eigenvalue weighted by atomic mass is 10.2. The molecule has 14 nitrogen and oxygen atoms in total.